The van der Waals surface area contributed by atoms with E-state index >= 15 is 0 Å². The van der Waals surface area contributed by atoms with Crippen molar-refractivity contribution in [1.29, 1.82) is 0 Å². The highest BCUT2D eigenvalue weighted by molar-refractivity contribution is 5.99. The molecular formula is C19H18F3NO2. The van der Waals surface area contributed by atoms with E-state index in [1.54, 1.807) is 11.8 Å². The van der Waals surface area contributed by atoms with Crippen molar-refractivity contribution >= 4 is 11.6 Å². The quantitative estimate of drug-likeness (QED) is 0.819. The molecule has 3 rings (SSSR count). The van der Waals surface area contributed by atoms with Crippen molar-refractivity contribution in [3.63, 3.8) is 0 Å². The molecular weight excluding hydrogens is 331 g/mol. The molecule has 1 aliphatic rings. The maximum absolute atomic E-state index is 12.8. The molecule has 0 aromatic heterocycles. The molecule has 0 saturated carbocycles. The molecule has 2 aromatic rings. The van der Waals surface area contributed by atoms with Crippen molar-refractivity contribution in [2.24, 2.45) is 0 Å². The number of hydrogen-bond donors (Lipinski definition) is 0. The largest absolute Gasteiger partial charge is 0.481 e. The first-order valence-electron chi connectivity index (χ1n) is 8.02. The van der Waals surface area contributed by atoms with Crippen LogP contribution in [0.5, 0.6) is 5.75 Å². The van der Waals surface area contributed by atoms with Crippen LogP contribution < -0.4 is 9.64 Å². The molecule has 3 nitrogen and oxygen atoms in total. The lowest BCUT2D eigenvalue weighted by molar-refractivity contribution is -0.137. The Bertz CT molecular complexity index is 788. The lowest BCUT2D eigenvalue weighted by atomic mass is 10.1. The molecule has 0 bridgehead atoms. The van der Waals surface area contributed by atoms with Crippen LogP contribution in [-0.2, 0) is 17.4 Å². The predicted octanol–water partition coefficient (Wildman–Crippen LogP) is 4.45. The van der Waals surface area contributed by atoms with E-state index in [2.05, 4.69) is 0 Å². The van der Waals surface area contributed by atoms with Gasteiger partial charge in [-0.15, -0.1) is 0 Å². The Morgan fingerprint density at radius 3 is 2.64 bits per heavy atom. The molecule has 25 heavy (non-hydrogen) atoms. The normalized spacial score (nSPS) is 18.0. The van der Waals surface area contributed by atoms with E-state index in [0.29, 0.717) is 0 Å². The van der Waals surface area contributed by atoms with E-state index in [-0.39, 0.29) is 17.7 Å². The molecule has 6 heteroatoms. The van der Waals surface area contributed by atoms with Gasteiger partial charge in [0.05, 0.1) is 5.56 Å². The zero-order chi connectivity index (χ0) is 18.2. The minimum Gasteiger partial charge on any atom is -0.481 e. The molecule has 0 radical (unpaired) electrons. The SMILES string of the molecule is C[C@H](Oc1cccc(C(F)(F)F)c1)C(=O)N1c2ccccc2C[C@@H]1C. The number of halogens is 3. The molecule has 0 fully saturated rings. The van der Waals surface area contributed by atoms with E-state index in [1.807, 2.05) is 31.2 Å². The fraction of sp³-hybridized carbons (Fsp3) is 0.316. The third-order valence-corrected chi connectivity index (χ3v) is 4.27. The molecule has 0 unspecified atom stereocenters. The van der Waals surface area contributed by atoms with E-state index in [4.69, 9.17) is 4.74 Å². The minimum atomic E-state index is -4.45. The van der Waals surface area contributed by atoms with Gasteiger partial charge >= 0.3 is 6.18 Å². The van der Waals surface area contributed by atoms with Gasteiger partial charge in [-0.1, -0.05) is 24.3 Å². The van der Waals surface area contributed by atoms with Crippen molar-refractivity contribution in [2.45, 2.75) is 38.6 Å². The summed E-state index contributed by atoms with van der Waals surface area (Å²) in [6.07, 6.45) is -4.59. The summed E-state index contributed by atoms with van der Waals surface area (Å²) in [5.41, 5.74) is 1.11. The van der Waals surface area contributed by atoms with Gasteiger partial charge in [0.1, 0.15) is 5.75 Å². The van der Waals surface area contributed by atoms with Crippen LogP contribution in [0.4, 0.5) is 18.9 Å². The summed E-state index contributed by atoms with van der Waals surface area (Å²) in [5, 5.41) is 0. The molecule has 1 heterocycles. The molecule has 1 aliphatic heterocycles. The van der Waals surface area contributed by atoms with E-state index < -0.39 is 17.8 Å². The minimum absolute atomic E-state index is 0.0162. The molecule has 2 aromatic carbocycles. The lowest BCUT2D eigenvalue weighted by Crippen LogP contribution is -2.43. The molecule has 0 aliphatic carbocycles. The number of anilines is 1. The highest BCUT2D eigenvalue weighted by atomic mass is 19.4. The Balaban J connectivity index is 1.78. The van der Waals surface area contributed by atoms with Crippen LogP contribution in [0.15, 0.2) is 48.5 Å². The fourth-order valence-electron chi connectivity index (χ4n) is 3.10. The number of hydrogen-bond acceptors (Lipinski definition) is 2. The summed E-state index contributed by atoms with van der Waals surface area (Å²) in [5.74, 6) is -0.245. The Hall–Kier alpha value is -2.50. The smallest absolute Gasteiger partial charge is 0.416 e. The maximum atomic E-state index is 12.8. The van der Waals surface area contributed by atoms with Crippen molar-refractivity contribution in [3.05, 3.63) is 59.7 Å². The Morgan fingerprint density at radius 1 is 1.20 bits per heavy atom. The van der Waals surface area contributed by atoms with Gasteiger partial charge in [0.25, 0.3) is 5.91 Å². The molecule has 2 atom stereocenters. The van der Waals surface area contributed by atoms with E-state index in [0.717, 1.165) is 29.8 Å². The summed E-state index contributed by atoms with van der Waals surface area (Å²) >= 11 is 0. The van der Waals surface area contributed by atoms with E-state index in [9.17, 15) is 18.0 Å². The van der Waals surface area contributed by atoms with Crippen LogP contribution in [0.1, 0.15) is 25.0 Å². The average Bonchev–Trinajstić information content (AvgIpc) is 2.89. The second-order valence-electron chi connectivity index (χ2n) is 6.18. The summed E-state index contributed by atoms with van der Waals surface area (Å²) in [6, 6.07) is 12.2. The highest BCUT2D eigenvalue weighted by Crippen LogP contribution is 2.34. The van der Waals surface area contributed by atoms with Crippen molar-refractivity contribution < 1.29 is 22.7 Å². The van der Waals surface area contributed by atoms with Crippen LogP contribution in [0.2, 0.25) is 0 Å². The second-order valence-corrected chi connectivity index (χ2v) is 6.18. The lowest BCUT2D eigenvalue weighted by Gasteiger charge is -2.26. The third-order valence-electron chi connectivity index (χ3n) is 4.27. The van der Waals surface area contributed by atoms with Crippen LogP contribution in [0.25, 0.3) is 0 Å². The Kier molecular flexibility index (Phi) is 4.45. The number of amides is 1. The number of carbonyl (C=O) groups is 1. The standard InChI is InChI=1S/C19H18F3NO2/c1-12-10-14-6-3-4-9-17(14)23(12)18(24)13(2)25-16-8-5-7-15(11-16)19(20,21)22/h3-9,11-13H,10H2,1-2H3/t12-,13-/m0/s1. The van der Waals surface area contributed by atoms with Gasteiger partial charge in [-0.2, -0.15) is 13.2 Å². The summed E-state index contributed by atoms with van der Waals surface area (Å²) in [6.45, 7) is 3.49. The van der Waals surface area contributed by atoms with Gasteiger partial charge in [-0.05, 0) is 50.1 Å². The summed E-state index contributed by atoms with van der Waals surface area (Å²) in [7, 11) is 0. The topological polar surface area (TPSA) is 29.5 Å². The van der Waals surface area contributed by atoms with Gasteiger partial charge in [-0.25, -0.2) is 0 Å². The van der Waals surface area contributed by atoms with Gasteiger partial charge in [-0.3, -0.25) is 4.79 Å². The third kappa shape index (κ3) is 3.48. The number of nitrogens with zero attached hydrogens (tertiary/aromatic N) is 1. The number of para-hydroxylation sites is 1. The molecule has 0 saturated heterocycles. The first kappa shape index (κ1) is 17.3. The molecule has 0 spiro atoms. The fourth-order valence-corrected chi connectivity index (χ4v) is 3.10. The predicted molar refractivity (Wildman–Crippen MR) is 88.6 cm³/mol. The Labute approximate surface area is 144 Å². The number of benzene rings is 2. The number of alkyl halides is 3. The number of rotatable bonds is 3. The van der Waals surface area contributed by atoms with Crippen LogP contribution in [0.3, 0.4) is 0 Å². The van der Waals surface area contributed by atoms with Crippen LogP contribution in [-0.4, -0.2) is 18.1 Å². The second kappa shape index (κ2) is 6.43. The first-order valence-corrected chi connectivity index (χ1v) is 8.02. The Morgan fingerprint density at radius 2 is 1.92 bits per heavy atom. The van der Waals surface area contributed by atoms with Crippen LogP contribution in [0, 0.1) is 0 Å². The molecule has 132 valence electrons. The number of carbonyl (C=O) groups excluding carboxylic acids is 1. The van der Waals surface area contributed by atoms with Gasteiger partial charge in [0, 0.05) is 11.7 Å². The van der Waals surface area contributed by atoms with Crippen molar-refractivity contribution in [1.82, 2.24) is 0 Å². The van der Waals surface area contributed by atoms with Gasteiger partial charge in [0.15, 0.2) is 6.10 Å². The zero-order valence-electron chi connectivity index (χ0n) is 13.9. The first-order chi connectivity index (χ1) is 11.8. The van der Waals surface area contributed by atoms with Gasteiger partial charge < -0.3 is 9.64 Å². The average molecular weight is 349 g/mol. The monoisotopic (exact) mass is 349 g/mol. The van der Waals surface area contributed by atoms with Crippen molar-refractivity contribution in [3.8, 4) is 5.75 Å². The van der Waals surface area contributed by atoms with Gasteiger partial charge in [0.2, 0.25) is 0 Å². The molecule has 0 N–H and O–H groups in total. The summed E-state index contributed by atoms with van der Waals surface area (Å²) in [4.78, 5) is 14.4. The molecule has 1 amide bonds. The maximum Gasteiger partial charge on any atom is 0.416 e. The number of ether oxygens (including phenoxy) is 1. The van der Waals surface area contributed by atoms with Crippen molar-refractivity contribution in [2.75, 3.05) is 4.90 Å². The highest BCUT2D eigenvalue weighted by Gasteiger charge is 2.34. The van der Waals surface area contributed by atoms with E-state index in [1.165, 1.54) is 12.1 Å². The summed E-state index contributed by atoms with van der Waals surface area (Å²) < 4.78 is 43.9. The van der Waals surface area contributed by atoms with Crippen LogP contribution >= 0.6 is 0 Å². The number of fused-ring (bicyclic) bond motifs is 1. The zero-order valence-corrected chi connectivity index (χ0v) is 13.9.